The molecule has 2 heterocycles. The number of alkyl halides is 6. The van der Waals surface area contributed by atoms with E-state index in [0.29, 0.717) is 12.1 Å². The van der Waals surface area contributed by atoms with Gasteiger partial charge in [0, 0.05) is 6.20 Å². The Labute approximate surface area is 152 Å². The number of nitrogens with two attached hydrogens (primary N) is 1. The number of rotatable bonds is 4. The Morgan fingerprint density at radius 3 is 2.19 bits per heavy atom. The third-order valence-corrected chi connectivity index (χ3v) is 3.01. The molecule has 2 aromatic rings. The van der Waals surface area contributed by atoms with E-state index in [1.807, 2.05) is 0 Å². The van der Waals surface area contributed by atoms with Crippen molar-refractivity contribution in [2.45, 2.75) is 18.4 Å². The Kier molecular flexibility index (Phi) is 6.94. The van der Waals surface area contributed by atoms with Crippen molar-refractivity contribution in [1.29, 1.82) is 0 Å². The minimum atomic E-state index is -5.07. The van der Waals surface area contributed by atoms with Gasteiger partial charge in [-0.2, -0.15) is 26.3 Å². The molecule has 0 aliphatic heterocycles. The topological polar surface area (TPSA) is 61.0 Å². The Bertz CT molecular complexity index is 797. The Hall–Kier alpha value is -2.21. The lowest BCUT2D eigenvalue weighted by Crippen LogP contribution is -2.21. The zero-order valence-corrected chi connectivity index (χ0v) is 13.7. The minimum Gasteiger partial charge on any atom is -0.466 e. The molecule has 4 nitrogen and oxygen atoms in total. The molecule has 2 aromatic heterocycles. The van der Waals surface area contributed by atoms with E-state index in [1.54, 1.807) is 0 Å². The fourth-order valence-corrected chi connectivity index (χ4v) is 1.87. The molecular weight excluding hydrogens is 414 g/mol. The average molecular weight is 424 g/mol. The predicted octanol–water partition coefficient (Wildman–Crippen LogP) is 4.18. The van der Waals surface area contributed by atoms with E-state index in [-0.39, 0.29) is 18.0 Å². The summed E-state index contributed by atoms with van der Waals surface area (Å²) in [4.78, 5) is 6.40. The monoisotopic (exact) mass is 423 g/mol. The van der Waals surface area contributed by atoms with Crippen LogP contribution in [0, 0.1) is 11.6 Å². The molecule has 0 spiro atoms. The summed E-state index contributed by atoms with van der Waals surface area (Å²) in [7, 11) is 0. The van der Waals surface area contributed by atoms with Crippen molar-refractivity contribution in [3.05, 3.63) is 53.0 Å². The largest absolute Gasteiger partial charge is 0.466 e. The van der Waals surface area contributed by atoms with Gasteiger partial charge in [0.05, 0.1) is 11.7 Å². The van der Waals surface area contributed by atoms with E-state index in [4.69, 9.17) is 5.73 Å². The van der Waals surface area contributed by atoms with Crippen LogP contribution in [0.3, 0.4) is 0 Å². The van der Waals surface area contributed by atoms with Crippen LogP contribution in [0.4, 0.5) is 35.1 Å². The number of hydrogen-bond donors (Lipinski definition) is 1. The first-order chi connectivity index (χ1) is 11.9. The maximum Gasteiger partial charge on any atom is 0.436 e. The fourth-order valence-electron chi connectivity index (χ4n) is 1.87. The van der Waals surface area contributed by atoms with Crippen molar-refractivity contribution in [2.24, 2.45) is 5.73 Å². The highest BCUT2D eigenvalue weighted by molar-refractivity contribution is 5.85. The van der Waals surface area contributed by atoms with Crippen LogP contribution in [0.2, 0.25) is 0 Å². The van der Waals surface area contributed by atoms with Crippen LogP contribution < -0.4 is 10.5 Å². The molecule has 2 N–H and O–H groups in total. The van der Waals surface area contributed by atoms with E-state index in [2.05, 4.69) is 14.7 Å². The molecule has 0 bridgehead atoms. The van der Waals surface area contributed by atoms with Crippen LogP contribution in [-0.4, -0.2) is 22.8 Å². The number of halogens is 9. The Balaban J connectivity index is 0.00000364. The lowest BCUT2D eigenvalue weighted by atomic mass is 10.1. The van der Waals surface area contributed by atoms with Crippen molar-refractivity contribution in [2.75, 3.05) is 6.61 Å². The summed E-state index contributed by atoms with van der Waals surface area (Å²) in [6.45, 7) is -1.78. The molecule has 0 aromatic carbocycles. The van der Waals surface area contributed by atoms with E-state index in [0.717, 1.165) is 12.3 Å². The van der Waals surface area contributed by atoms with Gasteiger partial charge in [0.15, 0.2) is 23.9 Å². The predicted molar refractivity (Wildman–Crippen MR) is 78.2 cm³/mol. The molecule has 1 atom stereocenters. The summed E-state index contributed by atoms with van der Waals surface area (Å²) in [5.74, 6) is -3.88. The van der Waals surface area contributed by atoms with Crippen molar-refractivity contribution < 1.29 is 39.9 Å². The number of hydrogen-bond acceptors (Lipinski definition) is 4. The maximum absolute atomic E-state index is 13.8. The van der Waals surface area contributed by atoms with Gasteiger partial charge in [0.2, 0.25) is 0 Å². The maximum atomic E-state index is 13.8. The van der Waals surface area contributed by atoms with Gasteiger partial charge in [-0.15, -0.1) is 12.4 Å². The van der Waals surface area contributed by atoms with Gasteiger partial charge in [-0.25, -0.2) is 18.7 Å². The first kappa shape index (κ1) is 22.8. The summed E-state index contributed by atoms with van der Waals surface area (Å²) in [5.41, 5.74) is 3.22. The van der Waals surface area contributed by atoms with Crippen LogP contribution >= 0.6 is 12.4 Å². The molecular formula is C14H10ClF8N3O. The third-order valence-electron chi connectivity index (χ3n) is 3.01. The van der Waals surface area contributed by atoms with Gasteiger partial charge in [0.25, 0.3) is 5.88 Å². The molecule has 0 saturated carbocycles. The molecule has 13 heteroatoms. The van der Waals surface area contributed by atoms with E-state index in [1.165, 1.54) is 0 Å². The lowest BCUT2D eigenvalue weighted by molar-refractivity contribution is -0.154. The average Bonchev–Trinajstić information content (AvgIpc) is 2.51. The summed E-state index contributed by atoms with van der Waals surface area (Å²) in [5, 5.41) is 0. The summed E-state index contributed by atoms with van der Waals surface area (Å²) in [6, 6.07) is 0.564. The highest BCUT2D eigenvalue weighted by Gasteiger charge is 2.37. The van der Waals surface area contributed by atoms with Gasteiger partial charge in [-0.3, -0.25) is 0 Å². The fraction of sp³-hybridized carbons (Fsp3) is 0.286. The van der Waals surface area contributed by atoms with E-state index >= 15 is 0 Å². The number of aromatic nitrogens is 2. The van der Waals surface area contributed by atoms with Crippen LogP contribution in [-0.2, 0) is 6.18 Å². The van der Waals surface area contributed by atoms with Gasteiger partial charge in [-0.05, 0) is 23.8 Å². The second kappa shape index (κ2) is 8.21. The third kappa shape index (κ3) is 5.89. The standard InChI is InChI=1S/C14H9F8N3O.ClH/c15-7-1-2-9(25-11(7)14(20,21)22)10(23)6-3-8(16)12(24-4-6)26-5-13(17,18)19;/h1-4,10H,5,23H2;1H. The van der Waals surface area contributed by atoms with Gasteiger partial charge >= 0.3 is 12.4 Å². The molecule has 0 saturated heterocycles. The normalized spacial score (nSPS) is 13.1. The molecule has 0 aliphatic rings. The minimum absolute atomic E-state index is 0. The van der Waals surface area contributed by atoms with Crippen LogP contribution in [0.1, 0.15) is 23.0 Å². The summed E-state index contributed by atoms with van der Waals surface area (Å²) >= 11 is 0. The number of ether oxygens (including phenoxy) is 1. The smallest absolute Gasteiger partial charge is 0.436 e. The molecule has 2 rings (SSSR count). The van der Waals surface area contributed by atoms with Gasteiger partial charge in [0.1, 0.15) is 0 Å². The highest BCUT2D eigenvalue weighted by atomic mass is 35.5. The van der Waals surface area contributed by atoms with Crippen LogP contribution in [0.15, 0.2) is 24.4 Å². The lowest BCUT2D eigenvalue weighted by Gasteiger charge is -2.15. The SMILES string of the molecule is Cl.NC(c1cnc(OCC(F)(F)F)c(F)c1)c1ccc(F)c(C(F)(F)F)n1. The van der Waals surface area contributed by atoms with Gasteiger partial charge in [-0.1, -0.05) is 0 Å². The van der Waals surface area contributed by atoms with Gasteiger partial charge < -0.3 is 10.5 Å². The Morgan fingerprint density at radius 2 is 1.67 bits per heavy atom. The zero-order chi connectivity index (χ0) is 19.7. The van der Waals surface area contributed by atoms with Crippen LogP contribution in [0.5, 0.6) is 5.88 Å². The quantitative estimate of drug-likeness (QED) is 0.749. The van der Waals surface area contributed by atoms with E-state index in [9.17, 15) is 35.1 Å². The molecule has 0 aliphatic carbocycles. The number of nitrogens with zero attached hydrogens (tertiary/aromatic N) is 2. The van der Waals surface area contributed by atoms with E-state index < -0.39 is 53.9 Å². The van der Waals surface area contributed by atoms with Crippen molar-refractivity contribution in [3.63, 3.8) is 0 Å². The zero-order valence-electron chi connectivity index (χ0n) is 12.9. The second-order valence-corrected chi connectivity index (χ2v) is 5.00. The molecule has 150 valence electrons. The molecule has 27 heavy (non-hydrogen) atoms. The van der Waals surface area contributed by atoms with Crippen molar-refractivity contribution >= 4 is 12.4 Å². The first-order valence-electron chi connectivity index (χ1n) is 6.72. The van der Waals surface area contributed by atoms with Crippen molar-refractivity contribution in [3.8, 4) is 5.88 Å². The molecule has 1 unspecified atom stereocenters. The first-order valence-corrected chi connectivity index (χ1v) is 6.72. The van der Waals surface area contributed by atoms with Crippen LogP contribution in [0.25, 0.3) is 0 Å². The highest BCUT2D eigenvalue weighted by Crippen LogP contribution is 2.31. The molecule has 0 radical (unpaired) electrons. The molecule has 0 fully saturated rings. The summed E-state index contributed by atoms with van der Waals surface area (Å²) in [6.07, 6.45) is -8.97. The summed E-state index contributed by atoms with van der Waals surface area (Å²) < 4.78 is 105. The Morgan fingerprint density at radius 1 is 1.04 bits per heavy atom. The second-order valence-electron chi connectivity index (χ2n) is 5.00. The van der Waals surface area contributed by atoms with Crippen molar-refractivity contribution in [1.82, 2.24) is 9.97 Å². The number of pyridine rings is 2. The molecule has 0 amide bonds.